The molecule has 0 saturated heterocycles. The highest BCUT2D eigenvalue weighted by Crippen LogP contribution is 2.33. The Labute approximate surface area is 158 Å². The van der Waals surface area contributed by atoms with Gasteiger partial charge in [0.2, 0.25) is 11.2 Å². The van der Waals surface area contributed by atoms with Crippen LogP contribution in [0.25, 0.3) is 28.2 Å². The number of rotatable bonds is 2. The maximum absolute atomic E-state index is 6.24. The Morgan fingerprint density at radius 2 is 1.88 bits per heavy atom. The third-order valence-electron chi connectivity index (χ3n) is 4.80. The highest BCUT2D eigenvalue weighted by Gasteiger charge is 2.28. The zero-order valence-electron chi connectivity index (χ0n) is 14.2. The van der Waals surface area contributed by atoms with Crippen LogP contribution in [-0.2, 0) is 13.0 Å². The van der Waals surface area contributed by atoms with E-state index in [-0.39, 0.29) is 23.0 Å². The van der Waals surface area contributed by atoms with Gasteiger partial charge in [-0.3, -0.25) is 0 Å². The molecule has 4 rings (SSSR count). The van der Waals surface area contributed by atoms with Crippen molar-refractivity contribution >= 4 is 22.7 Å². The van der Waals surface area contributed by atoms with Crippen molar-refractivity contribution in [3.8, 4) is 11.3 Å². The molecule has 0 spiro atoms. The van der Waals surface area contributed by atoms with Gasteiger partial charge in [0.25, 0.3) is 0 Å². The average Bonchev–Trinajstić information content (AvgIpc) is 2.61. The zero-order chi connectivity index (χ0) is 16.7. The predicted octanol–water partition coefficient (Wildman–Crippen LogP) is 0.297. The molecule has 1 heterocycles. The molecule has 4 N–H and O–H groups in total. The summed E-state index contributed by atoms with van der Waals surface area (Å²) >= 11 is 0. The number of aromatic nitrogens is 1. The van der Waals surface area contributed by atoms with E-state index in [0.717, 1.165) is 18.7 Å². The Bertz CT molecular complexity index is 949. The number of nitrogens with zero attached hydrogens (tertiary/aromatic N) is 1. The molecule has 1 aromatic heterocycles. The molecule has 2 aromatic carbocycles. The average molecular weight is 396 g/mol. The fourth-order valence-electron chi connectivity index (χ4n) is 3.75. The van der Waals surface area contributed by atoms with Gasteiger partial charge in [0.15, 0.2) is 0 Å². The van der Waals surface area contributed by atoms with Crippen LogP contribution in [0.3, 0.4) is 0 Å². The molecule has 0 radical (unpaired) electrons. The molecule has 1 aliphatic rings. The summed E-state index contributed by atoms with van der Waals surface area (Å²) in [6, 6.07) is 16.8. The van der Waals surface area contributed by atoms with Gasteiger partial charge < -0.3 is 28.4 Å². The molecule has 25 heavy (non-hydrogen) atoms. The van der Waals surface area contributed by atoms with Crippen molar-refractivity contribution in [2.75, 3.05) is 5.73 Å². The Kier molecular flexibility index (Phi) is 4.93. The first-order chi connectivity index (χ1) is 11.7. The topological polar surface area (TPSA) is 55.9 Å². The second-order valence-corrected chi connectivity index (χ2v) is 6.35. The van der Waals surface area contributed by atoms with Gasteiger partial charge in [0.1, 0.15) is 6.54 Å². The third kappa shape index (κ3) is 2.96. The Hall–Kier alpha value is -2.17. The largest absolute Gasteiger partial charge is 1.00 e. The lowest BCUT2D eigenvalue weighted by molar-refractivity contribution is -0.657. The summed E-state index contributed by atoms with van der Waals surface area (Å²) in [6.45, 7) is 3.07. The van der Waals surface area contributed by atoms with Gasteiger partial charge in [-0.25, -0.2) is 0 Å². The van der Waals surface area contributed by atoms with Gasteiger partial charge in [-0.15, -0.1) is 0 Å². The second-order valence-electron chi connectivity index (χ2n) is 6.35. The predicted molar refractivity (Wildman–Crippen MR) is 100 cm³/mol. The van der Waals surface area contributed by atoms with E-state index in [1.807, 2.05) is 6.07 Å². The van der Waals surface area contributed by atoms with E-state index >= 15 is 0 Å². The smallest absolute Gasteiger partial charge is 0.216 e. The van der Waals surface area contributed by atoms with Crippen LogP contribution in [0, 0.1) is 0 Å². The molecule has 0 amide bonds. The molecule has 0 bridgehead atoms. The molecule has 4 heteroatoms. The lowest BCUT2D eigenvalue weighted by Crippen LogP contribution is -3.00. The summed E-state index contributed by atoms with van der Waals surface area (Å²) in [5, 5.41) is 1.24. The zero-order valence-corrected chi connectivity index (χ0v) is 15.8. The maximum atomic E-state index is 6.24. The van der Waals surface area contributed by atoms with E-state index in [4.69, 9.17) is 11.5 Å². The fourth-order valence-corrected chi connectivity index (χ4v) is 3.75. The highest BCUT2D eigenvalue weighted by atomic mass is 79.9. The van der Waals surface area contributed by atoms with Gasteiger partial charge in [-0.2, -0.15) is 4.57 Å². The van der Waals surface area contributed by atoms with Crippen LogP contribution in [-0.4, -0.2) is 6.04 Å². The van der Waals surface area contributed by atoms with E-state index in [0.29, 0.717) is 0 Å². The number of nitrogen functional groups attached to an aromatic ring is 1. The van der Waals surface area contributed by atoms with E-state index in [9.17, 15) is 0 Å². The first kappa shape index (κ1) is 17.6. The Balaban J connectivity index is 0.00000182. The number of nitrogens with two attached hydrogens (primary N) is 2. The van der Waals surface area contributed by atoms with E-state index in [1.54, 1.807) is 0 Å². The van der Waals surface area contributed by atoms with Crippen LogP contribution >= 0.6 is 0 Å². The third-order valence-corrected chi connectivity index (χ3v) is 4.80. The molecule has 3 aromatic rings. The summed E-state index contributed by atoms with van der Waals surface area (Å²) in [5.74, 6) is 0. The number of aryl methyl sites for hydroxylation is 1. The van der Waals surface area contributed by atoms with Crippen LogP contribution in [0.1, 0.15) is 18.1 Å². The molecule has 3 nitrogen and oxygen atoms in total. The standard InChI is InChI=1S/C21H21N3.BrH/c1-2-24-20-13-16(23)9-11-18(20)17-10-8-15(22)12-19(17)21(24)14-6-4-3-5-7-14;/h3-11,13,15,23H,2,12,22H2,1H3;1H. The molecule has 1 unspecified atom stereocenters. The summed E-state index contributed by atoms with van der Waals surface area (Å²) in [4.78, 5) is 0. The molecule has 1 aliphatic carbocycles. The van der Waals surface area contributed by atoms with Crippen molar-refractivity contribution in [1.82, 2.24) is 0 Å². The molecule has 128 valence electrons. The van der Waals surface area contributed by atoms with Gasteiger partial charge >= 0.3 is 0 Å². The van der Waals surface area contributed by atoms with E-state index < -0.39 is 0 Å². The van der Waals surface area contributed by atoms with Crippen LogP contribution < -0.4 is 33.0 Å². The van der Waals surface area contributed by atoms with Crippen LogP contribution in [0.5, 0.6) is 0 Å². The molecule has 1 atom stereocenters. The summed E-state index contributed by atoms with van der Waals surface area (Å²) < 4.78 is 2.37. The summed E-state index contributed by atoms with van der Waals surface area (Å²) in [5.41, 5.74) is 19.4. The lowest BCUT2D eigenvalue weighted by Gasteiger charge is -2.20. The fraction of sp³-hybridized carbons (Fsp3) is 0.190. The number of anilines is 1. The second kappa shape index (κ2) is 6.98. The summed E-state index contributed by atoms with van der Waals surface area (Å²) in [6.07, 6.45) is 5.13. The Morgan fingerprint density at radius 3 is 2.60 bits per heavy atom. The number of hydrogen-bond acceptors (Lipinski definition) is 2. The molecular formula is C21H22BrN3. The first-order valence-electron chi connectivity index (χ1n) is 8.46. The van der Waals surface area contributed by atoms with Crippen LogP contribution in [0.2, 0.25) is 0 Å². The number of hydrogen-bond donors (Lipinski definition) is 2. The van der Waals surface area contributed by atoms with Gasteiger partial charge in [0.05, 0.1) is 5.39 Å². The lowest BCUT2D eigenvalue weighted by atomic mass is 9.88. The normalized spacial score (nSPS) is 15.7. The van der Waals surface area contributed by atoms with E-state index in [1.165, 1.54) is 33.3 Å². The summed E-state index contributed by atoms with van der Waals surface area (Å²) in [7, 11) is 0. The van der Waals surface area contributed by atoms with Crippen molar-refractivity contribution in [2.45, 2.75) is 25.9 Å². The SMILES string of the molecule is CC[n+]1c(-c2ccccc2)c2c(c3ccc(N)cc31)C=CC(N)C2.[Br-]. The minimum atomic E-state index is 0. The minimum Gasteiger partial charge on any atom is -1.00 e. The van der Waals surface area contributed by atoms with Gasteiger partial charge in [-0.05, 0) is 43.2 Å². The van der Waals surface area contributed by atoms with Crippen molar-refractivity contribution in [3.63, 3.8) is 0 Å². The highest BCUT2D eigenvalue weighted by molar-refractivity contribution is 5.92. The molecule has 0 saturated carbocycles. The van der Waals surface area contributed by atoms with Crippen LogP contribution in [0.15, 0.2) is 54.6 Å². The molecular weight excluding hydrogens is 374 g/mol. The monoisotopic (exact) mass is 395 g/mol. The minimum absolute atomic E-state index is 0. The van der Waals surface area contributed by atoms with E-state index in [2.05, 4.69) is 66.1 Å². The Morgan fingerprint density at radius 1 is 1.12 bits per heavy atom. The van der Waals surface area contributed by atoms with Crippen molar-refractivity contribution in [2.24, 2.45) is 5.73 Å². The number of pyridine rings is 1. The number of fused-ring (bicyclic) bond motifs is 3. The number of benzene rings is 2. The molecule has 0 fully saturated rings. The first-order valence-corrected chi connectivity index (χ1v) is 8.46. The van der Waals surface area contributed by atoms with Crippen LogP contribution in [0.4, 0.5) is 5.69 Å². The quantitative estimate of drug-likeness (QED) is 0.484. The van der Waals surface area contributed by atoms with Crippen molar-refractivity contribution in [3.05, 3.63) is 65.7 Å². The van der Waals surface area contributed by atoms with Gasteiger partial charge in [0, 0.05) is 28.9 Å². The molecule has 0 aliphatic heterocycles. The van der Waals surface area contributed by atoms with Gasteiger partial charge in [-0.1, -0.05) is 30.4 Å². The number of halogens is 1. The maximum Gasteiger partial charge on any atom is 0.216 e. The van der Waals surface area contributed by atoms with Crippen molar-refractivity contribution in [1.29, 1.82) is 0 Å². The van der Waals surface area contributed by atoms with Crippen molar-refractivity contribution < 1.29 is 21.5 Å².